The molecule has 1 aliphatic rings. The number of benzene rings is 1. The molecule has 2 N–H and O–H groups in total. The van der Waals surface area contributed by atoms with Crippen molar-refractivity contribution in [2.24, 2.45) is 0 Å². The highest BCUT2D eigenvalue weighted by molar-refractivity contribution is 7.90. The van der Waals surface area contributed by atoms with E-state index in [1.807, 2.05) is 13.8 Å². The van der Waals surface area contributed by atoms with Crippen molar-refractivity contribution in [3.8, 4) is 0 Å². The van der Waals surface area contributed by atoms with E-state index in [2.05, 4.69) is 4.72 Å². The number of hydrogen-bond acceptors (Lipinski definition) is 4. The fourth-order valence-corrected chi connectivity index (χ4v) is 3.60. The summed E-state index contributed by atoms with van der Waals surface area (Å²) in [5, 5.41) is 8.81. The first-order valence-electron chi connectivity index (χ1n) is 6.54. The summed E-state index contributed by atoms with van der Waals surface area (Å²) in [4.78, 5) is 10.8. The van der Waals surface area contributed by atoms with Gasteiger partial charge in [0.2, 0.25) is 0 Å². The molecule has 1 fully saturated rings. The molecule has 2 rings (SSSR count). The third-order valence-corrected chi connectivity index (χ3v) is 4.58. The van der Waals surface area contributed by atoms with Gasteiger partial charge in [0.1, 0.15) is 0 Å². The molecule has 0 bridgehead atoms. The van der Waals surface area contributed by atoms with Crippen LogP contribution in [-0.2, 0) is 14.9 Å². The number of hydrogen-bond donors (Lipinski definition) is 2. The summed E-state index contributed by atoms with van der Waals surface area (Å²) in [5.74, 6) is -1.06. The van der Waals surface area contributed by atoms with Crippen LogP contribution >= 0.6 is 0 Å². The molecule has 1 aromatic carbocycles. The standard InChI is InChI=1S/C13H18N2O5S/c1-9-7-15(8-10(2)20-9)21(18,19)14-12-5-3-11(4-6-12)13(16)17/h3-6,9-10,14H,7-8H2,1-2H3,(H,16,17)/t9-,10+. The van der Waals surface area contributed by atoms with Crippen molar-refractivity contribution in [3.05, 3.63) is 29.8 Å². The fourth-order valence-electron chi connectivity index (χ4n) is 2.22. The molecule has 8 heteroatoms. The van der Waals surface area contributed by atoms with Gasteiger partial charge in [-0.2, -0.15) is 12.7 Å². The summed E-state index contributed by atoms with van der Waals surface area (Å²) >= 11 is 0. The van der Waals surface area contributed by atoms with E-state index in [9.17, 15) is 13.2 Å². The highest BCUT2D eigenvalue weighted by atomic mass is 32.2. The van der Waals surface area contributed by atoms with Crippen molar-refractivity contribution in [3.63, 3.8) is 0 Å². The molecule has 0 aliphatic carbocycles. The SMILES string of the molecule is C[C@@H]1CN(S(=O)(=O)Nc2ccc(C(=O)O)cc2)C[C@H](C)O1. The van der Waals surface area contributed by atoms with E-state index in [1.54, 1.807) is 0 Å². The second kappa shape index (κ2) is 6.00. The van der Waals surface area contributed by atoms with Crippen LogP contribution in [0.25, 0.3) is 0 Å². The van der Waals surface area contributed by atoms with Crippen molar-refractivity contribution >= 4 is 21.9 Å². The van der Waals surface area contributed by atoms with E-state index in [0.29, 0.717) is 5.69 Å². The number of morpholine rings is 1. The molecule has 0 radical (unpaired) electrons. The van der Waals surface area contributed by atoms with E-state index >= 15 is 0 Å². The van der Waals surface area contributed by atoms with E-state index in [0.717, 1.165) is 0 Å². The Kier molecular flexibility index (Phi) is 4.50. The van der Waals surface area contributed by atoms with E-state index < -0.39 is 16.2 Å². The maximum Gasteiger partial charge on any atom is 0.335 e. The van der Waals surface area contributed by atoms with Crippen LogP contribution in [0.15, 0.2) is 24.3 Å². The monoisotopic (exact) mass is 314 g/mol. The summed E-state index contributed by atoms with van der Waals surface area (Å²) in [7, 11) is -3.68. The summed E-state index contributed by atoms with van der Waals surface area (Å²) < 4.78 is 33.9. The first-order chi connectivity index (χ1) is 9.78. The first kappa shape index (κ1) is 15.7. The molecule has 0 unspecified atom stereocenters. The van der Waals surface area contributed by atoms with Crippen LogP contribution in [-0.4, -0.2) is 49.1 Å². The Morgan fingerprint density at radius 3 is 2.24 bits per heavy atom. The predicted molar refractivity (Wildman–Crippen MR) is 77.5 cm³/mol. The Morgan fingerprint density at radius 2 is 1.76 bits per heavy atom. The lowest BCUT2D eigenvalue weighted by Crippen LogP contribution is -2.49. The Hall–Kier alpha value is -1.64. The van der Waals surface area contributed by atoms with Crippen LogP contribution in [0, 0.1) is 0 Å². The van der Waals surface area contributed by atoms with E-state index in [4.69, 9.17) is 9.84 Å². The van der Waals surface area contributed by atoms with Crippen LogP contribution in [0.1, 0.15) is 24.2 Å². The number of carbonyl (C=O) groups is 1. The number of aromatic carboxylic acids is 1. The Morgan fingerprint density at radius 1 is 1.24 bits per heavy atom. The lowest BCUT2D eigenvalue weighted by atomic mass is 10.2. The minimum absolute atomic E-state index is 0.103. The summed E-state index contributed by atoms with van der Waals surface area (Å²) in [6.07, 6.45) is -0.334. The van der Waals surface area contributed by atoms with Gasteiger partial charge in [0.15, 0.2) is 0 Å². The number of nitrogens with one attached hydrogen (secondary N) is 1. The van der Waals surface area contributed by atoms with Gasteiger partial charge in [-0.1, -0.05) is 0 Å². The third kappa shape index (κ3) is 3.93. The van der Waals surface area contributed by atoms with Crippen LogP contribution < -0.4 is 4.72 Å². The second-order valence-corrected chi connectivity index (χ2v) is 6.73. The number of carboxylic acids is 1. The van der Waals surface area contributed by atoms with E-state index in [1.165, 1.54) is 28.6 Å². The number of nitrogens with zero attached hydrogens (tertiary/aromatic N) is 1. The third-order valence-electron chi connectivity index (χ3n) is 3.10. The Bertz CT molecular complexity index is 604. The molecule has 21 heavy (non-hydrogen) atoms. The van der Waals surface area contributed by atoms with Gasteiger partial charge in [-0.3, -0.25) is 4.72 Å². The Labute approximate surface area is 123 Å². The average molecular weight is 314 g/mol. The number of ether oxygens (including phenoxy) is 1. The molecule has 2 atom stereocenters. The number of anilines is 1. The molecule has 7 nitrogen and oxygen atoms in total. The Balaban J connectivity index is 2.11. The number of rotatable bonds is 4. The maximum atomic E-state index is 12.3. The van der Waals surface area contributed by atoms with Gasteiger partial charge in [-0.25, -0.2) is 4.79 Å². The zero-order valence-electron chi connectivity index (χ0n) is 11.8. The van der Waals surface area contributed by atoms with Crippen molar-refractivity contribution in [2.75, 3.05) is 17.8 Å². The minimum atomic E-state index is -3.68. The zero-order valence-corrected chi connectivity index (χ0v) is 12.6. The van der Waals surface area contributed by atoms with Crippen LogP contribution in [0.3, 0.4) is 0 Å². The lowest BCUT2D eigenvalue weighted by molar-refractivity contribution is -0.0439. The molecule has 116 valence electrons. The minimum Gasteiger partial charge on any atom is -0.478 e. The maximum absolute atomic E-state index is 12.3. The van der Waals surface area contributed by atoms with Gasteiger partial charge in [-0.05, 0) is 38.1 Å². The van der Waals surface area contributed by atoms with Gasteiger partial charge in [0.05, 0.1) is 17.8 Å². The highest BCUT2D eigenvalue weighted by Crippen LogP contribution is 2.18. The topological polar surface area (TPSA) is 95.9 Å². The number of carboxylic acid groups (broad SMARTS) is 1. The smallest absolute Gasteiger partial charge is 0.335 e. The molecule has 1 heterocycles. The van der Waals surface area contributed by atoms with Crippen molar-refractivity contribution in [1.82, 2.24) is 4.31 Å². The van der Waals surface area contributed by atoms with Gasteiger partial charge in [-0.15, -0.1) is 0 Å². The van der Waals surface area contributed by atoms with Crippen molar-refractivity contribution in [1.29, 1.82) is 0 Å². The predicted octanol–water partition coefficient (Wildman–Crippen LogP) is 1.15. The fraction of sp³-hybridized carbons (Fsp3) is 0.462. The molecule has 0 aromatic heterocycles. The summed E-state index contributed by atoms with van der Waals surface area (Å²) in [6.45, 7) is 4.21. The van der Waals surface area contributed by atoms with Gasteiger partial charge >= 0.3 is 16.2 Å². The molecule has 1 saturated heterocycles. The summed E-state index contributed by atoms with van der Waals surface area (Å²) in [5.41, 5.74) is 0.429. The molecular weight excluding hydrogens is 296 g/mol. The lowest BCUT2D eigenvalue weighted by Gasteiger charge is -2.34. The molecule has 0 spiro atoms. The molecule has 1 aromatic rings. The van der Waals surface area contributed by atoms with Crippen molar-refractivity contribution < 1.29 is 23.1 Å². The second-order valence-electron chi connectivity index (χ2n) is 5.06. The van der Waals surface area contributed by atoms with Gasteiger partial charge in [0.25, 0.3) is 0 Å². The largest absolute Gasteiger partial charge is 0.478 e. The van der Waals surface area contributed by atoms with Crippen LogP contribution in [0.4, 0.5) is 5.69 Å². The summed E-state index contributed by atoms with van der Waals surface area (Å²) in [6, 6.07) is 5.55. The van der Waals surface area contributed by atoms with Gasteiger partial charge < -0.3 is 9.84 Å². The van der Waals surface area contributed by atoms with Crippen molar-refractivity contribution in [2.45, 2.75) is 26.1 Å². The zero-order chi connectivity index (χ0) is 15.6. The quantitative estimate of drug-likeness (QED) is 0.869. The average Bonchev–Trinajstić information content (AvgIpc) is 2.37. The molecular formula is C13H18N2O5S. The van der Waals surface area contributed by atoms with Gasteiger partial charge in [0, 0.05) is 18.8 Å². The molecule has 1 aliphatic heterocycles. The highest BCUT2D eigenvalue weighted by Gasteiger charge is 2.30. The van der Waals surface area contributed by atoms with Crippen LogP contribution in [0.5, 0.6) is 0 Å². The normalized spacial score (nSPS) is 23.7. The molecule has 0 amide bonds. The molecule has 0 saturated carbocycles. The van der Waals surface area contributed by atoms with E-state index in [-0.39, 0.29) is 30.9 Å². The van der Waals surface area contributed by atoms with Crippen LogP contribution in [0.2, 0.25) is 0 Å². The first-order valence-corrected chi connectivity index (χ1v) is 7.98.